The van der Waals surface area contributed by atoms with Gasteiger partial charge in [0.2, 0.25) is 15.9 Å². The second kappa shape index (κ2) is 9.72. The van der Waals surface area contributed by atoms with Crippen LogP contribution in [0.3, 0.4) is 0 Å². The number of hydrogen-bond donors (Lipinski definition) is 1. The molecule has 0 spiro atoms. The van der Waals surface area contributed by atoms with Crippen LogP contribution < -0.4 is 5.32 Å². The Bertz CT molecular complexity index is 1210. The third kappa shape index (κ3) is 5.29. The average molecular weight is 483 g/mol. The third-order valence-corrected chi connectivity index (χ3v) is 6.76. The number of carbonyl (C=O) groups excluding carboxylic acids is 1. The molecule has 0 unspecified atom stereocenters. The Morgan fingerprint density at radius 3 is 2.09 bits per heavy atom. The molecule has 5 nitrogen and oxygen atoms in total. The maximum absolute atomic E-state index is 14.3. The second-order valence-corrected chi connectivity index (χ2v) is 9.28. The molecule has 0 fully saturated rings. The molecule has 0 aliphatic carbocycles. The lowest BCUT2D eigenvalue weighted by Gasteiger charge is -2.23. The van der Waals surface area contributed by atoms with Crippen molar-refractivity contribution < 1.29 is 26.4 Å². The monoisotopic (exact) mass is 482 g/mol. The van der Waals surface area contributed by atoms with Crippen molar-refractivity contribution in [1.82, 2.24) is 4.31 Å². The number of aryl methyl sites for hydroxylation is 1. The van der Waals surface area contributed by atoms with Gasteiger partial charge in [0.05, 0.1) is 11.4 Å². The second-order valence-electron chi connectivity index (χ2n) is 6.93. The van der Waals surface area contributed by atoms with Gasteiger partial charge in [-0.3, -0.25) is 4.79 Å². The van der Waals surface area contributed by atoms with Gasteiger partial charge in [-0.2, -0.15) is 4.31 Å². The highest BCUT2D eigenvalue weighted by atomic mass is 35.5. The number of halogens is 4. The zero-order valence-electron chi connectivity index (χ0n) is 16.8. The van der Waals surface area contributed by atoms with Gasteiger partial charge in [0.1, 0.15) is 23.1 Å². The van der Waals surface area contributed by atoms with E-state index < -0.39 is 52.2 Å². The van der Waals surface area contributed by atoms with Gasteiger partial charge in [-0.15, -0.1) is 0 Å². The maximum Gasteiger partial charge on any atom is 0.243 e. The number of anilines is 1. The summed E-state index contributed by atoms with van der Waals surface area (Å²) < 4.78 is 69.2. The molecule has 0 saturated heterocycles. The van der Waals surface area contributed by atoms with Gasteiger partial charge in [0.25, 0.3) is 0 Å². The predicted molar refractivity (Wildman–Crippen MR) is 115 cm³/mol. The van der Waals surface area contributed by atoms with Gasteiger partial charge in [0.15, 0.2) is 0 Å². The van der Waals surface area contributed by atoms with Gasteiger partial charge >= 0.3 is 0 Å². The first-order valence-electron chi connectivity index (χ1n) is 9.33. The van der Waals surface area contributed by atoms with Crippen LogP contribution in [0.15, 0.2) is 65.6 Å². The fourth-order valence-corrected chi connectivity index (χ4v) is 4.49. The summed E-state index contributed by atoms with van der Waals surface area (Å²) in [6.45, 7) is 0.354. The Morgan fingerprint density at radius 1 is 0.938 bits per heavy atom. The average Bonchev–Trinajstić information content (AvgIpc) is 2.73. The fraction of sp³-hybridized carbons (Fsp3) is 0.136. The summed E-state index contributed by atoms with van der Waals surface area (Å²) in [5.41, 5.74) is -0.0516. The number of rotatable bonds is 7. The largest absolute Gasteiger partial charge is 0.320 e. The van der Waals surface area contributed by atoms with Crippen molar-refractivity contribution in [1.29, 1.82) is 0 Å². The van der Waals surface area contributed by atoms with Gasteiger partial charge in [-0.25, -0.2) is 21.6 Å². The van der Waals surface area contributed by atoms with E-state index in [0.29, 0.717) is 4.31 Å². The van der Waals surface area contributed by atoms with E-state index >= 15 is 0 Å². The number of amides is 1. The molecule has 0 aliphatic rings. The maximum atomic E-state index is 14.3. The Kier molecular flexibility index (Phi) is 7.22. The highest BCUT2D eigenvalue weighted by molar-refractivity contribution is 7.89. The first kappa shape index (κ1) is 23.8. The van der Waals surface area contributed by atoms with Crippen LogP contribution in [-0.2, 0) is 21.4 Å². The van der Waals surface area contributed by atoms with Crippen LogP contribution in [-0.4, -0.2) is 25.2 Å². The molecule has 1 amide bonds. The van der Waals surface area contributed by atoms with E-state index in [9.17, 15) is 26.4 Å². The summed E-state index contributed by atoms with van der Waals surface area (Å²) in [5, 5.41) is 2.00. The molecule has 0 saturated carbocycles. The van der Waals surface area contributed by atoms with E-state index in [1.807, 2.05) is 5.32 Å². The minimum Gasteiger partial charge on any atom is -0.320 e. The minimum atomic E-state index is -4.30. The zero-order chi connectivity index (χ0) is 23.5. The molecular weight excluding hydrogens is 465 g/mol. The van der Waals surface area contributed by atoms with Crippen molar-refractivity contribution in [3.63, 3.8) is 0 Å². The zero-order valence-corrected chi connectivity index (χ0v) is 18.4. The highest BCUT2D eigenvalue weighted by Crippen LogP contribution is 2.25. The van der Waals surface area contributed by atoms with Crippen LogP contribution in [0, 0.1) is 24.4 Å². The van der Waals surface area contributed by atoms with Gasteiger partial charge in [-0.1, -0.05) is 41.4 Å². The van der Waals surface area contributed by atoms with Crippen LogP contribution in [0.25, 0.3) is 0 Å². The number of para-hydroxylation sites is 1. The standard InChI is InChI=1S/C22H18ClF3N2O3S/c1-14-8-10-15(11-9-14)32(30,31)28(12-16-17(23)4-2-5-18(16)24)13-21(29)27-22-19(25)6-3-7-20(22)26/h2-11H,12-13H2,1H3,(H,27,29). The molecular formula is C22H18ClF3N2O3S. The Balaban J connectivity index is 1.96. The van der Waals surface area contributed by atoms with Crippen LogP contribution in [0.4, 0.5) is 18.9 Å². The first-order valence-corrected chi connectivity index (χ1v) is 11.1. The molecule has 10 heteroatoms. The molecule has 0 radical (unpaired) electrons. The quantitative estimate of drug-likeness (QED) is 0.521. The molecule has 3 rings (SSSR count). The van der Waals surface area contributed by atoms with Crippen LogP contribution in [0.5, 0.6) is 0 Å². The van der Waals surface area contributed by atoms with Gasteiger partial charge in [-0.05, 0) is 43.3 Å². The lowest BCUT2D eigenvalue weighted by Crippen LogP contribution is -2.38. The Hall–Kier alpha value is -2.88. The molecule has 1 N–H and O–H groups in total. The van der Waals surface area contributed by atoms with Crippen molar-refractivity contribution >= 4 is 33.2 Å². The SMILES string of the molecule is Cc1ccc(S(=O)(=O)N(CC(=O)Nc2c(F)cccc2F)Cc2c(F)cccc2Cl)cc1. The number of nitrogens with one attached hydrogen (secondary N) is 1. The van der Waals surface area contributed by atoms with Crippen molar-refractivity contribution in [2.45, 2.75) is 18.4 Å². The molecule has 3 aromatic rings. The van der Waals surface area contributed by atoms with E-state index in [1.165, 1.54) is 24.3 Å². The molecule has 3 aromatic carbocycles. The van der Waals surface area contributed by atoms with Crippen LogP contribution in [0.2, 0.25) is 5.02 Å². The van der Waals surface area contributed by atoms with E-state index in [1.54, 1.807) is 19.1 Å². The van der Waals surface area contributed by atoms with E-state index in [-0.39, 0.29) is 15.5 Å². The summed E-state index contributed by atoms with van der Waals surface area (Å²) in [5.74, 6) is -3.83. The first-order chi connectivity index (χ1) is 15.1. The summed E-state index contributed by atoms with van der Waals surface area (Å²) in [4.78, 5) is 12.4. The number of hydrogen-bond acceptors (Lipinski definition) is 3. The topological polar surface area (TPSA) is 66.5 Å². The normalized spacial score (nSPS) is 11.6. The molecule has 168 valence electrons. The number of benzene rings is 3. The minimum absolute atomic E-state index is 0.0327. The van der Waals surface area contributed by atoms with Gasteiger partial charge < -0.3 is 5.32 Å². The van der Waals surface area contributed by atoms with Crippen LogP contribution in [0.1, 0.15) is 11.1 Å². The molecule has 0 bridgehead atoms. The Labute approximate surface area is 188 Å². The molecule has 0 atom stereocenters. The summed E-state index contributed by atoms with van der Waals surface area (Å²) in [6, 6.07) is 12.7. The summed E-state index contributed by atoms with van der Waals surface area (Å²) in [6.07, 6.45) is 0. The molecule has 0 heterocycles. The van der Waals surface area contributed by atoms with E-state index in [2.05, 4.69) is 0 Å². The fourth-order valence-electron chi connectivity index (χ4n) is 2.90. The van der Waals surface area contributed by atoms with E-state index in [0.717, 1.165) is 29.8 Å². The van der Waals surface area contributed by atoms with Crippen molar-refractivity contribution in [2.24, 2.45) is 0 Å². The van der Waals surface area contributed by atoms with E-state index in [4.69, 9.17) is 11.6 Å². The highest BCUT2D eigenvalue weighted by Gasteiger charge is 2.29. The van der Waals surface area contributed by atoms with Gasteiger partial charge in [0, 0.05) is 17.1 Å². The third-order valence-electron chi connectivity index (χ3n) is 4.60. The van der Waals surface area contributed by atoms with Crippen molar-refractivity contribution in [2.75, 3.05) is 11.9 Å². The summed E-state index contributed by atoms with van der Waals surface area (Å²) in [7, 11) is -4.30. The Morgan fingerprint density at radius 2 is 1.50 bits per heavy atom. The van der Waals surface area contributed by atoms with Crippen molar-refractivity contribution in [3.8, 4) is 0 Å². The lowest BCUT2D eigenvalue weighted by atomic mass is 10.2. The summed E-state index contributed by atoms with van der Waals surface area (Å²) >= 11 is 6.04. The molecule has 0 aliphatic heterocycles. The lowest BCUT2D eigenvalue weighted by molar-refractivity contribution is -0.116. The number of nitrogens with zero attached hydrogens (tertiary/aromatic N) is 1. The molecule has 0 aromatic heterocycles. The molecule has 32 heavy (non-hydrogen) atoms. The smallest absolute Gasteiger partial charge is 0.243 e. The van der Waals surface area contributed by atoms with Crippen LogP contribution >= 0.6 is 11.6 Å². The number of carbonyl (C=O) groups is 1. The van der Waals surface area contributed by atoms with Crippen molar-refractivity contribution in [3.05, 3.63) is 94.3 Å². The number of sulfonamides is 1. The predicted octanol–water partition coefficient (Wildman–Crippen LogP) is 4.90.